The lowest BCUT2D eigenvalue weighted by molar-refractivity contribution is 0.0973. The van der Waals surface area contributed by atoms with E-state index < -0.39 is 0 Å². The molecule has 3 rings (SSSR count). The predicted molar refractivity (Wildman–Crippen MR) is 75.5 cm³/mol. The van der Waals surface area contributed by atoms with Gasteiger partial charge in [0.2, 0.25) is 0 Å². The van der Waals surface area contributed by atoms with Gasteiger partial charge in [-0.3, -0.25) is 4.79 Å². The Morgan fingerprint density at radius 2 is 2.05 bits per heavy atom. The zero-order valence-corrected chi connectivity index (χ0v) is 11.1. The number of imidazole rings is 1. The lowest BCUT2D eigenvalue weighted by atomic mass is 10.1. The number of carbonyl (C=O) groups is 1. The predicted octanol–water partition coefficient (Wildman–Crippen LogP) is 1.94. The van der Waals surface area contributed by atoms with Crippen molar-refractivity contribution in [3.63, 3.8) is 0 Å². The smallest absolute Gasteiger partial charge is 0.184 e. The van der Waals surface area contributed by atoms with Crippen molar-refractivity contribution in [3.8, 4) is 0 Å². The van der Waals surface area contributed by atoms with Crippen LogP contribution in [0, 0.1) is 0 Å². The maximum absolute atomic E-state index is 12.3. The molecule has 0 bridgehead atoms. The number of benzene rings is 1. The molecule has 0 aliphatic heterocycles. The number of hydrogen-bond acceptors (Lipinski definition) is 5. The highest BCUT2D eigenvalue weighted by Crippen LogP contribution is 2.18. The number of aromatic nitrogens is 4. The van der Waals surface area contributed by atoms with Crippen LogP contribution in [-0.2, 0) is 6.54 Å². The first kappa shape index (κ1) is 12.6. The van der Waals surface area contributed by atoms with Gasteiger partial charge in [0.25, 0.3) is 0 Å². The summed E-state index contributed by atoms with van der Waals surface area (Å²) < 4.78 is 1.62. The summed E-state index contributed by atoms with van der Waals surface area (Å²) in [6.07, 6.45) is 2.86. The summed E-state index contributed by atoms with van der Waals surface area (Å²) in [5.41, 5.74) is 7.18. The number of halogens is 1. The summed E-state index contributed by atoms with van der Waals surface area (Å²) in [7, 11) is 0. The van der Waals surface area contributed by atoms with Crippen molar-refractivity contribution in [1.82, 2.24) is 19.5 Å². The zero-order chi connectivity index (χ0) is 14.1. The van der Waals surface area contributed by atoms with Gasteiger partial charge in [-0.05, 0) is 12.1 Å². The highest BCUT2D eigenvalue weighted by Gasteiger charge is 2.14. The molecule has 0 aliphatic carbocycles. The number of hydrogen-bond donors (Lipinski definition) is 1. The first-order chi connectivity index (χ1) is 9.66. The van der Waals surface area contributed by atoms with Crippen molar-refractivity contribution >= 4 is 34.4 Å². The van der Waals surface area contributed by atoms with Gasteiger partial charge in [-0.2, -0.15) is 0 Å². The minimum atomic E-state index is -0.118. The van der Waals surface area contributed by atoms with Gasteiger partial charge >= 0.3 is 0 Å². The number of anilines is 1. The molecule has 3 aromatic rings. The molecule has 0 unspecified atom stereocenters. The van der Waals surface area contributed by atoms with E-state index in [1.54, 1.807) is 28.8 Å². The van der Waals surface area contributed by atoms with Crippen molar-refractivity contribution in [2.45, 2.75) is 6.54 Å². The van der Waals surface area contributed by atoms with Gasteiger partial charge in [0.05, 0.1) is 17.9 Å². The van der Waals surface area contributed by atoms with Crippen molar-refractivity contribution in [2.24, 2.45) is 0 Å². The van der Waals surface area contributed by atoms with Crippen LogP contribution in [0.4, 0.5) is 5.82 Å². The maximum Gasteiger partial charge on any atom is 0.184 e. The molecule has 0 spiro atoms. The maximum atomic E-state index is 12.3. The third kappa shape index (κ3) is 2.10. The number of fused-ring (bicyclic) bond motifs is 1. The average molecular weight is 288 g/mol. The lowest BCUT2D eigenvalue weighted by Gasteiger charge is -2.05. The summed E-state index contributed by atoms with van der Waals surface area (Å²) in [5.74, 6) is 0.172. The first-order valence-corrected chi connectivity index (χ1v) is 6.23. The monoisotopic (exact) mass is 287 g/mol. The van der Waals surface area contributed by atoms with Crippen molar-refractivity contribution in [3.05, 3.63) is 47.5 Å². The topological polar surface area (TPSA) is 86.7 Å². The fraction of sp³-hybridized carbons (Fsp3) is 0.0769. The van der Waals surface area contributed by atoms with E-state index in [1.165, 1.54) is 12.7 Å². The SMILES string of the molecule is Nc1ncnc2c1ncn2CC(=O)c1ccccc1Cl. The van der Waals surface area contributed by atoms with E-state index in [2.05, 4.69) is 15.0 Å². The summed E-state index contributed by atoms with van der Waals surface area (Å²) >= 11 is 6.01. The molecule has 0 amide bonds. The molecule has 7 heteroatoms. The number of nitrogen functional groups attached to an aromatic ring is 1. The second-order valence-corrected chi connectivity index (χ2v) is 4.61. The van der Waals surface area contributed by atoms with E-state index in [0.717, 1.165) is 0 Å². The van der Waals surface area contributed by atoms with Gasteiger partial charge in [0, 0.05) is 5.56 Å². The first-order valence-electron chi connectivity index (χ1n) is 5.86. The zero-order valence-electron chi connectivity index (χ0n) is 10.3. The minimum Gasteiger partial charge on any atom is -0.382 e. The van der Waals surface area contributed by atoms with E-state index in [9.17, 15) is 4.79 Å². The molecule has 6 nitrogen and oxygen atoms in total. The number of nitrogens with two attached hydrogens (primary N) is 1. The highest BCUT2D eigenvalue weighted by atomic mass is 35.5. The summed E-state index contributed by atoms with van der Waals surface area (Å²) in [6, 6.07) is 6.92. The molecule has 0 aliphatic rings. The second kappa shape index (κ2) is 4.90. The Kier molecular flexibility index (Phi) is 3.08. The Bertz CT molecular complexity index is 798. The van der Waals surface area contributed by atoms with Crippen LogP contribution in [0.15, 0.2) is 36.9 Å². The van der Waals surface area contributed by atoms with Gasteiger partial charge < -0.3 is 10.3 Å². The molecule has 0 saturated heterocycles. The van der Waals surface area contributed by atoms with Crippen LogP contribution in [0.25, 0.3) is 11.2 Å². The van der Waals surface area contributed by atoms with Gasteiger partial charge in [-0.25, -0.2) is 15.0 Å². The van der Waals surface area contributed by atoms with Crippen LogP contribution in [0.3, 0.4) is 0 Å². The standard InChI is InChI=1S/C13H10ClN5O/c14-9-4-2-1-3-8(9)10(20)5-19-7-18-11-12(15)16-6-17-13(11)19/h1-4,6-7H,5H2,(H2,15,16,17). The van der Waals surface area contributed by atoms with E-state index in [-0.39, 0.29) is 12.3 Å². The van der Waals surface area contributed by atoms with Crippen LogP contribution < -0.4 is 5.73 Å². The number of Topliss-reactive ketones (excluding diaryl/α,β-unsaturated/α-hetero) is 1. The Morgan fingerprint density at radius 3 is 2.85 bits per heavy atom. The summed E-state index contributed by atoms with van der Waals surface area (Å²) in [6.45, 7) is 0.0939. The average Bonchev–Trinajstić information content (AvgIpc) is 2.84. The van der Waals surface area contributed by atoms with Gasteiger partial charge in [-0.15, -0.1) is 0 Å². The van der Waals surface area contributed by atoms with Crippen LogP contribution in [0.1, 0.15) is 10.4 Å². The molecule has 0 saturated carbocycles. The normalized spacial score (nSPS) is 10.8. The Labute approximate surface area is 119 Å². The third-order valence-corrected chi connectivity index (χ3v) is 3.25. The van der Waals surface area contributed by atoms with E-state index in [0.29, 0.717) is 27.6 Å². The number of rotatable bonds is 3. The third-order valence-electron chi connectivity index (χ3n) is 2.92. The van der Waals surface area contributed by atoms with E-state index >= 15 is 0 Å². The Hall–Kier alpha value is -2.47. The summed E-state index contributed by atoms with van der Waals surface area (Å²) in [5, 5.41) is 0.427. The van der Waals surface area contributed by atoms with Crippen LogP contribution in [0.5, 0.6) is 0 Å². The van der Waals surface area contributed by atoms with Crippen molar-refractivity contribution in [1.29, 1.82) is 0 Å². The van der Waals surface area contributed by atoms with Crippen molar-refractivity contribution in [2.75, 3.05) is 5.73 Å². The van der Waals surface area contributed by atoms with Crippen LogP contribution >= 0.6 is 11.6 Å². The Morgan fingerprint density at radius 1 is 1.25 bits per heavy atom. The van der Waals surface area contributed by atoms with E-state index in [4.69, 9.17) is 17.3 Å². The molecule has 0 radical (unpaired) electrons. The molecule has 100 valence electrons. The Balaban J connectivity index is 1.96. The molecule has 1 aromatic carbocycles. The molecule has 20 heavy (non-hydrogen) atoms. The molecular formula is C13H10ClN5O. The fourth-order valence-corrected chi connectivity index (χ4v) is 2.18. The number of nitrogens with zero attached hydrogens (tertiary/aromatic N) is 4. The lowest BCUT2D eigenvalue weighted by Crippen LogP contribution is -2.10. The molecule has 2 heterocycles. The highest BCUT2D eigenvalue weighted by molar-refractivity contribution is 6.33. The van der Waals surface area contributed by atoms with E-state index in [1.807, 2.05) is 0 Å². The molecular weight excluding hydrogens is 278 g/mol. The molecule has 2 aromatic heterocycles. The van der Waals surface area contributed by atoms with Gasteiger partial charge in [0.1, 0.15) is 11.8 Å². The van der Waals surface area contributed by atoms with Crippen LogP contribution in [-0.4, -0.2) is 25.3 Å². The quantitative estimate of drug-likeness (QED) is 0.744. The number of carbonyl (C=O) groups excluding carboxylic acids is 1. The molecule has 2 N–H and O–H groups in total. The molecule has 0 fully saturated rings. The largest absolute Gasteiger partial charge is 0.382 e. The minimum absolute atomic E-state index is 0.0939. The van der Waals surface area contributed by atoms with Gasteiger partial charge in [0.15, 0.2) is 17.2 Å². The van der Waals surface area contributed by atoms with Crippen molar-refractivity contribution < 1.29 is 4.79 Å². The fourth-order valence-electron chi connectivity index (χ4n) is 1.94. The second-order valence-electron chi connectivity index (χ2n) is 4.21. The summed E-state index contributed by atoms with van der Waals surface area (Å²) in [4.78, 5) is 24.3. The number of ketones is 1. The van der Waals surface area contributed by atoms with Crippen LogP contribution in [0.2, 0.25) is 5.02 Å². The van der Waals surface area contributed by atoms with Gasteiger partial charge in [-0.1, -0.05) is 23.7 Å². The molecule has 0 atom stereocenters.